The lowest BCUT2D eigenvalue weighted by atomic mass is 10.1. The van der Waals surface area contributed by atoms with Crippen molar-refractivity contribution in [2.24, 2.45) is 0 Å². The molecule has 0 saturated carbocycles. The van der Waals surface area contributed by atoms with Gasteiger partial charge in [-0.15, -0.1) is 0 Å². The Morgan fingerprint density at radius 2 is 2.00 bits per heavy atom. The van der Waals surface area contributed by atoms with Crippen molar-refractivity contribution in [2.75, 3.05) is 6.61 Å². The Morgan fingerprint density at radius 3 is 2.56 bits per heavy atom. The number of esters is 1. The molecule has 0 fully saturated rings. The van der Waals surface area contributed by atoms with Gasteiger partial charge in [-0.1, -0.05) is 55.7 Å². The molecule has 0 bridgehead atoms. The maximum atomic E-state index is 11.5. The minimum Gasteiger partial charge on any atom is -0.463 e. The SMILES string of the molecule is C=C(Cc1cccc([Si](C)(C)C)c1)C(=O)OCC. The zero-order chi connectivity index (χ0) is 13.8. The highest BCUT2D eigenvalue weighted by Gasteiger charge is 2.17. The molecule has 18 heavy (non-hydrogen) atoms. The van der Waals surface area contributed by atoms with Crippen molar-refractivity contribution >= 4 is 19.2 Å². The summed E-state index contributed by atoms with van der Waals surface area (Å²) in [5, 5.41) is 1.40. The van der Waals surface area contributed by atoms with Crippen LogP contribution in [-0.4, -0.2) is 20.7 Å². The number of ether oxygens (including phenoxy) is 1. The van der Waals surface area contributed by atoms with Crippen molar-refractivity contribution in [1.82, 2.24) is 0 Å². The van der Waals surface area contributed by atoms with Crippen molar-refractivity contribution in [3.8, 4) is 0 Å². The Bertz CT molecular complexity index is 444. The molecular weight excluding hydrogens is 240 g/mol. The second-order valence-electron chi connectivity index (χ2n) is 5.45. The third kappa shape index (κ3) is 4.15. The summed E-state index contributed by atoms with van der Waals surface area (Å²) in [6, 6.07) is 8.45. The maximum absolute atomic E-state index is 11.5. The molecule has 0 N–H and O–H groups in total. The van der Waals surface area contributed by atoms with Crippen LogP contribution in [0.4, 0.5) is 0 Å². The smallest absolute Gasteiger partial charge is 0.333 e. The Morgan fingerprint density at radius 1 is 1.33 bits per heavy atom. The normalized spacial score (nSPS) is 11.1. The summed E-state index contributed by atoms with van der Waals surface area (Å²) >= 11 is 0. The van der Waals surface area contributed by atoms with E-state index in [0.29, 0.717) is 18.6 Å². The highest BCUT2D eigenvalue weighted by molar-refractivity contribution is 6.88. The van der Waals surface area contributed by atoms with Crippen LogP contribution in [0, 0.1) is 0 Å². The predicted octanol–water partition coefficient (Wildman–Crippen LogP) is 2.89. The molecule has 1 aromatic carbocycles. The van der Waals surface area contributed by atoms with Crippen LogP contribution in [0.5, 0.6) is 0 Å². The fourth-order valence-corrected chi connectivity index (χ4v) is 2.91. The van der Waals surface area contributed by atoms with Gasteiger partial charge in [-0.05, 0) is 12.5 Å². The molecule has 0 unspecified atom stereocenters. The highest BCUT2D eigenvalue weighted by Crippen LogP contribution is 2.10. The first kappa shape index (κ1) is 14.7. The van der Waals surface area contributed by atoms with Crippen LogP contribution in [-0.2, 0) is 16.0 Å². The fraction of sp³-hybridized carbons (Fsp3) is 0.400. The van der Waals surface area contributed by atoms with Gasteiger partial charge in [0, 0.05) is 12.0 Å². The topological polar surface area (TPSA) is 26.3 Å². The fourth-order valence-electron chi connectivity index (χ4n) is 1.70. The summed E-state index contributed by atoms with van der Waals surface area (Å²) in [7, 11) is -1.30. The molecule has 0 heterocycles. The molecule has 0 radical (unpaired) electrons. The minimum atomic E-state index is -1.30. The number of carbonyl (C=O) groups is 1. The molecule has 0 aliphatic rings. The zero-order valence-electron chi connectivity index (χ0n) is 11.7. The van der Waals surface area contributed by atoms with Crippen LogP contribution in [0.3, 0.4) is 0 Å². The average Bonchev–Trinajstić information content (AvgIpc) is 2.28. The first-order chi connectivity index (χ1) is 8.34. The molecule has 2 nitrogen and oxygen atoms in total. The van der Waals surface area contributed by atoms with Gasteiger partial charge in [0.15, 0.2) is 0 Å². The summed E-state index contributed by atoms with van der Waals surface area (Å²) in [5.74, 6) is -0.295. The largest absolute Gasteiger partial charge is 0.463 e. The summed E-state index contributed by atoms with van der Waals surface area (Å²) in [4.78, 5) is 11.5. The molecular formula is C15H22O2Si. The molecule has 0 amide bonds. The lowest BCUT2D eigenvalue weighted by molar-refractivity contribution is -0.138. The number of benzene rings is 1. The monoisotopic (exact) mass is 262 g/mol. The van der Waals surface area contributed by atoms with Crippen LogP contribution >= 0.6 is 0 Å². The van der Waals surface area contributed by atoms with Gasteiger partial charge in [0.05, 0.1) is 14.7 Å². The molecule has 1 rings (SSSR count). The van der Waals surface area contributed by atoms with E-state index in [1.165, 1.54) is 5.19 Å². The van der Waals surface area contributed by atoms with E-state index in [4.69, 9.17) is 4.74 Å². The van der Waals surface area contributed by atoms with Gasteiger partial charge in [-0.2, -0.15) is 0 Å². The van der Waals surface area contributed by atoms with Crippen molar-refractivity contribution in [3.05, 3.63) is 42.0 Å². The number of rotatable bonds is 5. The minimum absolute atomic E-state index is 0.295. The van der Waals surface area contributed by atoms with E-state index >= 15 is 0 Å². The Labute approximate surface area is 111 Å². The van der Waals surface area contributed by atoms with Crippen LogP contribution in [0.25, 0.3) is 0 Å². The molecule has 0 aliphatic carbocycles. The lowest BCUT2D eigenvalue weighted by Crippen LogP contribution is -2.37. The van der Waals surface area contributed by atoms with Crippen molar-refractivity contribution in [3.63, 3.8) is 0 Å². The Kier molecular flexibility index (Phi) is 4.90. The van der Waals surface area contributed by atoms with Crippen molar-refractivity contribution < 1.29 is 9.53 Å². The first-order valence-corrected chi connectivity index (χ1v) is 9.79. The van der Waals surface area contributed by atoms with Gasteiger partial charge in [-0.3, -0.25) is 0 Å². The summed E-state index contributed by atoms with van der Waals surface area (Å²) in [6.07, 6.45) is 0.567. The summed E-state index contributed by atoms with van der Waals surface area (Å²) < 4.78 is 4.94. The third-order valence-corrected chi connectivity index (χ3v) is 4.82. The van der Waals surface area contributed by atoms with Gasteiger partial charge in [0.25, 0.3) is 0 Å². The molecule has 0 spiro atoms. The van der Waals surface area contributed by atoms with Crippen LogP contribution < -0.4 is 5.19 Å². The Balaban J connectivity index is 2.80. The lowest BCUT2D eigenvalue weighted by Gasteiger charge is -2.17. The standard InChI is InChI=1S/C15H22O2Si/c1-6-17-15(16)12(2)10-13-8-7-9-14(11-13)18(3,4)5/h7-9,11H,2,6,10H2,1,3-5H3. The molecule has 0 aromatic heterocycles. The van der Waals surface area contributed by atoms with Crippen molar-refractivity contribution in [1.29, 1.82) is 0 Å². The average molecular weight is 262 g/mol. The number of hydrogen-bond acceptors (Lipinski definition) is 2. The third-order valence-electron chi connectivity index (χ3n) is 2.77. The van der Waals surface area contributed by atoms with Crippen LogP contribution in [0.1, 0.15) is 12.5 Å². The molecule has 98 valence electrons. The highest BCUT2D eigenvalue weighted by atomic mass is 28.3. The van der Waals surface area contributed by atoms with Crippen LogP contribution in [0.15, 0.2) is 36.4 Å². The number of hydrogen-bond donors (Lipinski definition) is 0. The second kappa shape index (κ2) is 6.00. The van der Waals surface area contributed by atoms with E-state index in [9.17, 15) is 4.79 Å². The molecule has 0 saturated heterocycles. The van der Waals surface area contributed by atoms with E-state index in [1.807, 2.05) is 6.07 Å². The van der Waals surface area contributed by atoms with E-state index in [1.54, 1.807) is 6.92 Å². The maximum Gasteiger partial charge on any atom is 0.333 e. The van der Waals surface area contributed by atoms with Gasteiger partial charge >= 0.3 is 5.97 Å². The quantitative estimate of drug-likeness (QED) is 0.463. The first-order valence-electron chi connectivity index (χ1n) is 6.29. The molecule has 1 aromatic rings. The van der Waals surface area contributed by atoms with E-state index in [0.717, 1.165) is 5.56 Å². The number of carbonyl (C=O) groups excluding carboxylic acids is 1. The van der Waals surface area contributed by atoms with E-state index in [2.05, 4.69) is 44.4 Å². The summed E-state index contributed by atoms with van der Waals surface area (Å²) in [5.41, 5.74) is 1.65. The van der Waals surface area contributed by atoms with E-state index < -0.39 is 8.07 Å². The molecule has 3 heteroatoms. The molecule has 0 aliphatic heterocycles. The second-order valence-corrected chi connectivity index (χ2v) is 10.5. The van der Waals surface area contributed by atoms with E-state index in [-0.39, 0.29) is 5.97 Å². The van der Waals surface area contributed by atoms with Crippen molar-refractivity contribution in [2.45, 2.75) is 33.0 Å². The Hall–Kier alpha value is -1.35. The van der Waals surface area contributed by atoms with Crippen LogP contribution in [0.2, 0.25) is 19.6 Å². The zero-order valence-corrected chi connectivity index (χ0v) is 12.7. The predicted molar refractivity (Wildman–Crippen MR) is 78.9 cm³/mol. The van der Waals surface area contributed by atoms with Gasteiger partial charge < -0.3 is 4.74 Å². The molecule has 0 atom stereocenters. The van der Waals surface area contributed by atoms with Gasteiger partial charge in [-0.25, -0.2) is 4.79 Å². The van der Waals surface area contributed by atoms with Gasteiger partial charge in [0.1, 0.15) is 0 Å². The van der Waals surface area contributed by atoms with Gasteiger partial charge in [0.2, 0.25) is 0 Å². The summed E-state index contributed by atoms with van der Waals surface area (Å²) in [6.45, 7) is 12.9.